The number of rotatable bonds is 1. The van der Waals surface area contributed by atoms with E-state index in [1.807, 2.05) is 0 Å². The van der Waals surface area contributed by atoms with Gasteiger partial charge in [0.05, 0.1) is 16.6 Å². The lowest BCUT2D eigenvalue weighted by atomic mass is 9.63. The minimum absolute atomic E-state index is 0.420. The van der Waals surface area contributed by atoms with Gasteiger partial charge in [-0.2, -0.15) is 0 Å². The normalized spacial score (nSPS) is 18.8. The fourth-order valence-electron chi connectivity index (χ4n) is 6.83. The van der Waals surface area contributed by atoms with Crippen molar-refractivity contribution in [2.75, 3.05) is 0 Å². The van der Waals surface area contributed by atoms with Gasteiger partial charge >= 0.3 is 7.12 Å². The molecule has 3 aliphatic rings. The number of ether oxygens (including phenoxy) is 1. The molecule has 0 saturated carbocycles. The molecule has 0 radical (unpaired) electrons. The van der Waals surface area contributed by atoms with Gasteiger partial charge in [0, 0.05) is 11.1 Å². The molecule has 0 aromatic heterocycles. The van der Waals surface area contributed by atoms with Crippen molar-refractivity contribution < 1.29 is 14.0 Å². The third-order valence-corrected chi connectivity index (χ3v) is 9.37. The summed E-state index contributed by atoms with van der Waals surface area (Å²) >= 11 is 0. The Morgan fingerprint density at radius 1 is 0.564 bits per heavy atom. The second kappa shape index (κ2) is 7.62. The van der Waals surface area contributed by atoms with Gasteiger partial charge in [-0.05, 0) is 78.3 Å². The van der Waals surface area contributed by atoms with Gasteiger partial charge in [0.1, 0.15) is 11.5 Å². The molecule has 0 unspecified atom stereocenters. The average Bonchev–Trinajstić information content (AvgIpc) is 3.35. The fraction of sp³-hybridized carbons (Fsp3) is 0.200. The lowest BCUT2D eigenvalue weighted by Crippen LogP contribution is -2.41. The first-order chi connectivity index (χ1) is 18.8. The Kier molecular flexibility index (Phi) is 4.51. The lowest BCUT2D eigenvalue weighted by molar-refractivity contribution is 0.00578. The molecule has 190 valence electrons. The Balaban J connectivity index is 1.48. The maximum absolute atomic E-state index is 6.72. The van der Waals surface area contributed by atoms with E-state index in [0.717, 1.165) is 22.5 Å². The maximum atomic E-state index is 6.72. The average molecular weight is 508 g/mol. The van der Waals surface area contributed by atoms with E-state index < -0.39 is 23.7 Å². The van der Waals surface area contributed by atoms with Gasteiger partial charge in [0.25, 0.3) is 0 Å². The second-order valence-corrected chi connectivity index (χ2v) is 11.9. The highest BCUT2D eigenvalue weighted by molar-refractivity contribution is 6.62. The summed E-state index contributed by atoms with van der Waals surface area (Å²) in [7, 11) is -0.460. The second-order valence-electron chi connectivity index (χ2n) is 11.9. The van der Waals surface area contributed by atoms with Crippen LogP contribution >= 0.6 is 0 Å². The summed E-state index contributed by atoms with van der Waals surface area (Å²) in [5, 5.41) is 2.40. The molecule has 5 aromatic carbocycles. The summed E-state index contributed by atoms with van der Waals surface area (Å²) in [6.07, 6.45) is 0. The Morgan fingerprint density at radius 2 is 1.15 bits per heavy atom. The first-order valence-corrected chi connectivity index (χ1v) is 13.7. The standard InChI is InChI=1S/C35H29BO3/c1-33(2)34(3,4)39-36(38-33)23-18-20-30-29(21-23)35(32-24-12-6-5-11-22(24)17-19-31(32)37-30)27-15-9-7-13-25(27)26-14-8-10-16-28(26)35/h5-21H,1-4H3. The van der Waals surface area contributed by atoms with Crippen LogP contribution in [-0.4, -0.2) is 18.3 Å². The topological polar surface area (TPSA) is 27.7 Å². The summed E-state index contributed by atoms with van der Waals surface area (Å²) in [4.78, 5) is 0. The van der Waals surface area contributed by atoms with E-state index >= 15 is 0 Å². The molecule has 3 nitrogen and oxygen atoms in total. The van der Waals surface area contributed by atoms with Crippen LogP contribution in [0.5, 0.6) is 11.5 Å². The van der Waals surface area contributed by atoms with Crippen LogP contribution in [0.25, 0.3) is 21.9 Å². The Bertz CT molecular complexity index is 1760. The molecular formula is C35H29BO3. The first kappa shape index (κ1) is 23.1. The number of benzene rings is 5. The SMILES string of the molecule is CC1(C)OB(c2ccc3c(c2)C2(c4ccccc4-c4ccccc42)c2c(ccc4ccccc24)O3)OC1(C)C. The molecule has 1 spiro atoms. The van der Waals surface area contributed by atoms with Crippen LogP contribution in [0.3, 0.4) is 0 Å². The Labute approximate surface area is 229 Å². The fourth-order valence-corrected chi connectivity index (χ4v) is 6.83. The Hall–Kier alpha value is -3.86. The highest BCUT2D eigenvalue weighted by atomic mass is 16.7. The zero-order valence-electron chi connectivity index (χ0n) is 22.6. The quantitative estimate of drug-likeness (QED) is 0.214. The maximum Gasteiger partial charge on any atom is 0.494 e. The van der Waals surface area contributed by atoms with Crippen molar-refractivity contribution in [1.29, 1.82) is 0 Å². The molecule has 1 fully saturated rings. The predicted octanol–water partition coefficient (Wildman–Crippen LogP) is 7.61. The summed E-state index contributed by atoms with van der Waals surface area (Å²) in [6, 6.07) is 37.1. The minimum Gasteiger partial charge on any atom is -0.457 e. The molecule has 0 bridgehead atoms. The van der Waals surface area contributed by atoms with Crippen LogP contribution in [0, 0.1) is 0 Å². The summed E-state index contributed by atoms with van der Waals surface area (Å²) < 4.78 is 19.7. The van der Waals surface area contributed by atoms with Gasteiger partial charge in [0.15, 0.2) is 0 Å². The molecule has 0 amide bonds. The summed E-state index contributed by atoms with van der Waals surface area (Å²) in [6.45, 7) is 8.40. The monoisotopic (exact) mass is 508 g/mol. The zero-order chi connectivity index (χ0) is 26.6. The van der Waals surface area contributed by atoms with Crippen molar-refractivity contribution in [3.8, 4) is 22.6 Å². The van der Waals surface area contributed by atoms with Crippen LogP contribution in [0.1, 0.15) is 49.9 Å². The van der Waals surface area contributed by atoms with E-state index in [9.17, 15) is 0 Å². The largest absolute Gasteiger partial charge is 0.494 e. The third kappa shape index (κ3) is 2.91. The minimum atomic E-state index is -0.545. The lowest BCUT2D eigenvalue weighted by Gasteiger charge is -2.40. The van der Waals surface area contributed by atoms with Crippen LogP contribution < -0.4 is 10.2 Å². The molecule has 0 atom stereocenters. The Morgan fingerprint density at radius 3 is 1.85 bits per heavy atom. The van der Waals surface area contributed by atoms with Crippen molar-refractivity contribution >= 4 is 23.4 Å². The first-order valence-electron chi connectivity index (χ1n) is 13.7. The molecular weight excluding hydrogens is 479 g/mol. The van der Waals surface area contributed by atoms with E-state index in [0.29, 0.717) is 0 Å². The van der Waals surface area contributed by atoms with Crippen molar-refractivity contribution in [2.45, 2.75) is 44.3 Å². The van der Waals surface area contributed by atoms with Crippen LogP contribution in [0.4, 0.5) is 0 Å². The van der Waals surface area contributed by atoms with Gasteiger partial charge in [-0.1, -0.05) is 91.0 Å². The van der Waals surface area contributed by atoms with E-state index in [-0.39, 0.29) is 0 Å². The van der Waals surface area contributed by atoms with E-state index in [4.69, 9.17) is 14.0 Å². The molecule has 8 rings (SSSR count). The van der Waals surface area contributed by atoms with Crippen molar-refractivity contribution in [3.05, 3.63) is 125 Å². The van der Waals surface area contributed by atoms with Gasteiger partial charge in [-0.25, -0.2) is 0 Å². The number of fused-ring (bicyclic) bond motifs is 11. The van der Waals surface area contributed by atoms with Crippen molar-refractivity contribution in [3.63, 3.8) is 0 Å². The number of hydrogen-bond acceptors (Lipinski definition) is 3. The zero-order valence-corrected chi connectivity index (χ0v) is 22.6. The highest BCUT2D eigenvalue weighted by Crippen LogP contribution is 2.63. The van der Waals surface area contributed by atoms with E-state index in [1.54, 1.807) is 0 Å². The van der Waals surface area contributed by atoms with E-state index in [1.165, 1.54) is 38.6 Å². The van der Waals surface area contributed by atoms with E-state index in [2.05, 4.69) is 131 Å². The molecule has 39 heavy (non-hydrogen) atoms. The summed E-state index contributed by atoms with van der Waals surface area (Å²) in [5.74, 6) is 1.76. The highest BCUT2D eigenvalue weighted by Gasteiger charge is 2.54. The molecule has 0 N–H and O–H groups in total. The smallest absolute Gasteiger partial charge is 0.457 e. The van der Waals surface area contributed by atoms with Gasteiger partial charge in [-0.3, -0.25) is 0 Å². The van der Waals surface area contributed by atoms with Gasteiger partial charge in [-0.15, -0.1) is 0 Å². The summed E-state index contributed by atoms with van der Waals surface area (Å²) in [5.41, 5.74) is 7.01. The molecule has 4 heteroatoms. The van der Waals surface area contributed by atoms with Crippen LogP contribution in [-0.2, 0) is 14.7 Å². The molecule has 2 aliphatic heterocycles. The molecule has 1 saturated heterocycles. The third-order valence-electron chi connectivity index (χ3n) is 9.37. The van der Waals surface area contributed by atoms with Gasteiger partial charge in [0.2, 0.25) is 0 Å². The van der Waals surface area contributed by atoms with Crippen LogP contribution in [0.15, 0.2) is 103 Å². The number of hydrogen-bond donors (Lipinski definition) is 0. The molecule has 1 aliphatic carbocycles. The van der Waals surface area contributed by atoms with Crippen molar-refractivity contribution in [1.82, 2.24) is 0 Å². The molecule has 5 aromatic rings. The van der Waals surface area contributed by atoms with Crippen molar-refractivity contribution in [2.24, 2.45) is 0 Å². The van der Waals surface area contributed by atoms with Crippen LogP contribution in [0.2, 0.25) is 0 Å². The van der Waals surface area contributed by atoms with Gasteiger partial charge < -0.3 is 14.0 Å². The molecule has 2 heterocycles. The predicted molar refractivity (Wildman–Crippen MR) is 157 cm³/mol.